The molecule has 0 radical (unpaired) electrons. The molecule has 2 rings (SSSR count). The summed E-state index contributed by atoms with van der Waals surface area (Å²) in [5.41, 5.74) is 0. The number of guanidine groups is 1. The fourth-order valence-corrected chi connectivity index (χ4v) is 4.49. The molecular formula is C18H36N4O4S. The average Bonchev–Trinajstić information content (AvgIpc) is 3.11. The number of rotatable bonds is 9. The lowest BCUT2D eigenvalue weighted by atomic mass is 9.98. The lowest BCUT2D eigenvalue weighted by molar-refractivity contribution is 0.0536. The third-order valence-corrected chi connectivity index (χ3v) is 6.55. The van der Waals surface area contributed by atoms with Gasteiger partial charge >= 0.3 is 0 Å². The van der Waals surface area contributed by atoms with Crippen LogP contribution in [0.15, 0.2) is 4.99 Å². The van der Waals surface area contributed by atoms with Gasteiger partial charge in [-0.25, -0.2) is 12.7 Å². The molecule has 0 saturated carbocycles. The molecule has 2 aliphatic heterocycles. The van der Waals surface area contributed by atoms with Gasteiger partial charge in [0, 0.05) is 52.3 Å². The second-order valence-electron chi connectivity index (χ2n) is 7.47. The fraction of sp³-hybridized carbons (Fsp3) is 0.944. The standard InChI is InChI=1S/C18H36N4O4S/c1-4-19-18(21-8-5-17(14-21)15-26-12-11-25-2)20-13-16-6-9-22(10-7-16)27(3,23)24/h16-17H,4-15H2,1-3H3,(H,19,20). The van der Waals surface area contributed by atoms with E-state index in [1.807, 2.05) is 0 Å². The van der Waals surface area contributed by atoms with Crippen LogP contribution in [0.4, 0.5) is 0 Å². The minimum absolute atomic E-state index is 0.451. The summed E-state index contributed by atoms with van der Waals surface area (Å²) in [5.74, 6) is 1.96. The molecule has 0 spiro atoms. The molecule has 0 aliphatic carbocycles. The van der Waals surface area contributed by atoms with Crippen molar-refractivity contribution in [3.63, 3.8) is 0 Å². The quantitative estimate of drug-likeness (QED) is 0.344. The summed E-state index contributed by atoms with van der Waals surface area (Å²) in [4.78, 5) is 7.17. The van der Waals surface area contributed by atoms with E-state index in [1.165, 1.54) is 6.26 Å². The third-order valence-electron chi connectivity index (χ3n) is 5.25. The van der Waals surface area contributed by atoms with E-state index in [9.17, 15) is 8.42 Å². The van der Waals surface area contributed by atoms with Crippen molar-refractivity contribution in [2.45, 2.75) is 26.2 Å². The number of ether oxygens (including phenoxy) is 2. The molecule has 8 nitrogen and oxygen atoms in total. The van der Waals surface area contributed by atoms with E-state index >= 15 is 0 Å². The fourth-order valence-electron chi connectivity index (χ4n) is 3.62. The summed E-state index contributed by atoms with van der Waals surface area (Å²) in [6.07, 6.45) is 4.17. The van der Waals surface area contributed by atoms with Gasteiger partial charge < -0.3 is 19.7 Å². The first-order valence-corrected chi connectivity index (χ1v) is 11.8. The zero-order chi connectivity index (χ0) is 19.7. The number of nitrogens with one attached hydrogen (secondary N) is 1. The highest BCUT2D eigenvalue weighted by atomic mass is 32.2. The van der Waals surface area contributed by atoms with Crippen LogP contribution in [0.2, 0.25) is 0 Å². The minimum Gasteiger partial charge on any atom is -0.382 e. The monoisotopic (exact) mass is 404 g/mol. The molecule has 2 heterocycles. The van der Waals surface area contributed by atoms with Crippen molar-refractivity contribution in [3.05, 3.63) is 0 Å². The normalized spacial score (nSPS) is 23.1. The largest absolute Gasteiger partial charge is 0.382 e. The van der Waals surface area contributed by atoms with Crippen LogP contribution in [-0.2, 0) is 19.5 Å². The van der Waals surface area contributed by atoms with Crippen LogP contribution in [0, 0.1) is 11.8 Å². The number of piperidine rings is 1. The van der Waals surface area contributed by atoms with Crippen LogP contribution in [0.5, 0.6) is 0 Å². The van der Waals surface area contributed by atoms with Crippen LogP contribution in [0.1, 0.15) is 26.2 Å². The van der Waals surface area contributed by atoms with Crippen LogP contribution in [0.25, 0.3) is 0 Å². The summed E-state index contributed by atoms with van der Waals surface area (Å²) in [7, 11) is -1.38. The molecule has 2 aliphatic rings. The van der Waals surface area contributed by atoms with Gasteiger partial charge in [-0.15, -0.1) is 0 Å². The Hall–Kier alpha value is -0.900. The summed E-state index contributed by atoms with van der Waals surface area (Å²) in [6, 6.07) is 0. The summed E-state index contributed by atoms with van der Waals surface area (Å²) < 4.78 is 35.5. The molecule has 9 heteroatoms. The topological polar surface area (TPSA) is 83.5 Å². The maximum absolute atomic E-state index is 11.6. The van der Waals surface area contributed by atoms with E-state index in [2.05, 4.69) is 17.1 Å². The Morgan fingerprint density at radius 2 is 1.85 bits per heavy atom. The summed E-state index contributed by atoms with van der Waals surface area (Å²) >= 11 is 0. The second kappa shape index (κ2) is 11.2. The zero-order valence-electron chi connectivity index (χ0n) is 17.0. The number of aliphatic imine (C=N–C) groups is 1. The predicted octanol–water partition coefficient (Wildman–Crippen LogP) is 0.608. The van der Waals surface area contributed by atoms with E-state index in [0.29, 0.717) is 38.1 Å². The molecule has 158 valence electrons. The molecule has 0 amide bonds. The Kier molecular flexibility index (Phi) is 9.28. The third kappa shape index (κ3) is 7.56. The van der Waals surface area contributed by atoms with Crippen molar-refractivity contribution in [2.75, 3.05) is 72.5 Å². The van der Waals surface area contributed by atoms with E-state index in [0.717, 1.165) is 58.0 Å². The molecule has 1 N–H and O–H groups in total. The number of hydrogen-bond acceptors (Lipinski definition) is 5. The van der Waals surface area contributed by atoms with Crippen molar-refractivity contribution < 1.29 is 17.9 Å². The number of nitrogens with zero attached hydrogens (tertiary/aromatic N) is 3. The SMILES string of the molecule is CCNC(=NCC1CCN(S(C)(=O)=O)CC1)N1CCC(COCCOC)C1. The minimum atomic E-state index is -3.06. The maximum atomic E-state index is 11.6. The Bertz CT molecular complexity index is 562. The lowest BCUT2D eigenvalue weighted by Gasteiger charge is -2.30. The van der Waals surface area contributed by atoms with Gasteiger partial charge in [-0.05, 0) is 32.1 Å². The van der Waals surface area contributed by atoms with E-state index in [-0.39, 0.29) is 0 Å². The highest BCUT2D eigenvalue weighted by Crippen LogP contribution is 2.20. The Balaban J connectivity index is 1.79. The second-order valence-corrected chi connectivity index (χ2v) is 9.45. The van der Waals surface area contributed by atoms with Crippen LogP contribution in [0.3, 0.4) is 0 Å². The Labute approximate surface area is 164 Å². The summed E-state index contributed by atoms with van der Waals surface area (Å²) in [6.45, 7) is 8.92. The van der Waals surface area contributed by atoms with Gasteiger partial charge in [-0.3, -0.25) is 4.99 Å². The Morgan fingerprint density at radius 1 is 1.15 bits per heavy atom. The first kappa shape index (κ1) is 22.4. The van der Waals surface area contributed by atoms with Crippen molar-refractivity contribution in [1.82, 2.24) is 14.5 Å². The smallest absolute Gasteiger partial charge is 0.211 e. The van der Waals surface area contributed by atoms with Gasteiger partial charge in [0.1, 0.15) is 0 Å². The molecule has 2 saturated heterocycles. The van der Waals surface area contributed by atoms with Gasteiger partial charge in [0.2, 0.25) is 10.0 Å². The van der Waals surface area contributed by atoms with Crippen LogP contribution < -0.4 is 5.32 Å². The first-order chi connectivity index (χ1) is 12.9. The molecule has 2 fully saturated rings. The molecule has 1 atom stereocenters. The summed E-state index contributed by atoms with van der Waals surface area (Å²) in [5, 5.41) is 3.40. The van der Waals surface area contributed by atoms with Crippen molar-refractivity contribution >= 4 is 16.0 Å². The molecule has 0 aromatic carbocycles. The highest BCUT2D eigenvalue weighted by Gasteiger charge is 2.27. The van der Waals surface area contributed by atoms with Gasteiger partial charge in [-0.2, -0.15) is 0 Å². The Morgan fingerprint density at radius 3 is 2.48 bits per heavy atom. The number of sulfonamides is 1. The van der Waals surface area contributed by atoms with Gasteiger partial charge in [0.05, 0.1) is 26.1 Å². The van der Waals surface area contributed by atoms with E-state index < -0.39 is 10.0 Å². The molecule has 1 unspecified atom stereocenters. The number of hydrogen-bond donors (Lipinski definition) is 1. The molecule has 0 aromatic rings. The lowest BCUT2D eigenvalue weighted by Crippen LogP contribution is -2.41. The van der Waals surface area contributed by atoms with Crippen molar-refractivity contribution in [1.29, 1.82) is 0 Å². The van der Waals surface area contributed by atoms with Crippen molar-refractivity contribution in [2.24, 2.45) is 16.8 Å². The van der Waals surface area contributed by atoms with E-state index in [4.69, 9.17) is 14.5 Å². The van der Waals surface area contributed by atoms with Gasteiger partial charge in [0.15, 0.2) is 5.96 Å². The molecule has 0 aromatic heterocycles. The first-order valence-electron chi connectivity index (χ1n) is 9.99. The molecular weight excluding hydrogens is 368 g/mol. The number of methoxy groups -OCH3 is 1. The average molecular weight is 405 g/mol. The van der Waals surface area contributed by atoms with Crippen molar-refractivity contribution in [3.8, 4) is 0 Å². The van der Waals surface area contributed by atoms with Gasteiger partial charge in [-0.1, -0.05) is 0 Å². The van der Waals surface area contributed by atoms with E-state index in [1.54, 1.807) is 11.4 Å². The molecule has 0 bridgehead atoms. The van der Waals surface area contributed by atoms with Crippen LogP contribution >= 0.6 is 0 Å². The predicted molar refractivity (Wildman–Crippen MR) is 107 cm³/mol. The highest BCUT2D eigenvalue weighted by molar-refractivity contribution is 7.88. The van der Waals surface area contributed by atoms with Crippen LogP contribution in [-0.4, -0.2) is 96.0 Å². The molecule has 27 heavy (non-hydrogen) atoms. The number of likely N-dealkylation sites (tertiary alicyclic amines) is 1. The zero-order valence-corrected chi connectivity index (χ0v) is 17.8. The maximum Gasteiger partial charge on any atom is 0.211 e. The van der Waals surface area contributed by atoms with Gasteiger partial charge in [0.25, 0.3) is 0 Å².